The van der Waals surface area contributed by atoms with Crippen LogP contribution in [0.4, 0.5) is 0 Å². The standard InChI is InChI=1S/C17H24N2O5S3/c1-14-19(11-5-6-12-26(20,21)22)16-8-7-15(13-17(16)25-14)27(23,24)18-9-3-2-4-10-18/h7-8,13H,2-6,9-12H2,1H3. The van der Waals surface area contributed by atoms with Gasteiger partial charge in [-0.05, 0) is 31.4 Å². The molecule has 7 nitrogen and oxygen atoms in total. The van der Waals surface area contributed by atoms with Crippen LogP contribution in [-0.2, 0) is 26.7 Å². The lowest BCUT2D eigenvalue weighted by Gasteiger charge is -2.25. The van der Waals surface area contributed by atoms with Crippen molar-refractivity contribution in [1.29, 1.82) is 0 Å². The second-order valence-corrected chi connectivity index (χ2v) is 11.5. The van der Waals surface area contributed by atoms with Crippen molar-refractivity contribution in [1.82, 2.24) is 4.31 Å². The van der Waals surface area contributed by atoms with Gasteiger partial charge in [0.2, 0.25) is 20.5 Å². The number of hydrogen-bond donors (Lipinski definition) is 0. The van der Waals surface area contributed by atoms with Crippen LogP contribution in [0.1, 0.15) is 37.1 Å². The van der Waals surface area contributed by atoms with Crippen molar-refractivity contribution >= 4 is 41.7 Å². The summed E-state index contributed by atoms with van der Waals surface area (Å²) in [6, 6.07) is 5.20. The molecule has 1 aliphatic rings. The molecule has 3 rings (SSSR count). The van der Waals surface area contributed by atoms with Crippen molar-refractivity contribution in [2.24, 2.45) is 0 Å². The molecular formula is C17H24N2O5S3. The molecule has 0 N–H and O–H groups in total. The molecule has 2 heterocycles. The highest BCUT2D eigenvalue weighted by Crippen LogP contribution is 2.27. The van der Waals surface area contributed by atoms with E-state index in [1.165, 1.54) is 11.3 Å². The monoisotopic (exact) mass is 432 g/mol. The molecule has 0 spiro atoms. The molecule has 10 heteroatoms. The van der Waals surface area contributed by atoms with Crippen LogP contribution in [0.5, 0.6) is 0 Å². The van der Waals surface area contributed by atoms with Gasteiger partial charge in [0.1, 0.15) is 11.2 Å². The average molecular weight is 433 g/mol. The Balaban J connectivity index is 1.81. The van der Waals surface area contributed by atoms with Crippen LogP contribution in [0, 0.1) is 6.92 Å². The van der Waals surface area contributed by atoms with Gasteiger partial charge in [0, 0.05) is 38.3 Å². The molecule has 1 aliphatic heterocycles. The second-order valence-electron chi connectivity index (χ2n) is 6.84. The van der Waals surface area contributed by atoms with E-state index in [1.54, 1.807) is 16.4 Å². The first-order valence-corrected chi connectivity index (χ1v) is 12.9. The summed E-state index contributed by atoms with van der Waals surface area (Å²) in [6.07, 6.45) is 3.77. The van der Waals surface area contributed by atoms with Crippen LogP contribution in [0.15, 0.2) is 23.1 Å². The van der Waals surface area contributed by atoms with Crippen molar-refractivity contribution in [3.63, 3.8) is 0 Å². The van der Waals surface area contributed by atoms with Crippen molar-refractivity contribution in [3.8, 4) is 0 Å². The molecule has 0 amide bonds. The molecule has 0 bridgehead atoms. The zero-order valence-corrected chi connectivity index (χ0v) is 17.7. The highest BCUT2D eigenvalue weighted by Gasteiger charge is 2.27. The Morgan fingerprint density at radius 1 is 1.11 bits per heavy atom. The van der Waals surface area contributed by atoms with Crippen LogP contribution in [0.2, 0.25) is 0 Å². The molecule has 27 heavy (non-hydrogen) atoms. The fourth-order valence-electron chi connectivity index (χ4n) is 3.42. The number of nitrogens with zero attached hydrogens (tertiary/aromatic N) is 2. The zero-order chi connectivity index (χ0) is 19.7. The van der Waals surface area contributed by atoms with Gasteiger partial charge in [-0.15, -0.1) is 0 Å². The summed E-state index contributed by atoms with van der Waals surface area (Å²) in [7, 11) is -7.64. The predicted octanol–water partition coefficient (Wildman–Crippen LogP) is 2.00. The van der Waals surface area contributed by atoms with Crippen molar-refractivity contribution < 1.29 is 26.0 Å². The van der Waals surface area contributed by atoms with Gasteiger partial charge >= 0.3 is 0 Å². The quantitative estimate of drug-likeness (QED) is 0.379. The van der Waals surface area contributed by atoms with E-state index in [0.29, 0.717) is 37.4 Å². The number of aryl methyl sites for hydroxylation is 2. The van der Waals surface area contributed by atoms with Crippen LogP contribution >= 0.6 is 11.3 Å². The van der Waals surface area contributed by atoms with Crippen molar-refractivity contribution in [2.45, 2.75) is 50.5 Å². The largest absolute Gasteiger partial charge is 0.748 e. The molecule has 0 saturated carbocycles. The first kappa shape index (κ1) is 20.7. The summed E-state index contributed by atoms with van der Waals surface area (Å²) in [5, 5.41) is 1.02. The lowest BCUT2D eigenvalue weighted by atomic mass is 10.2. The van der Waals surface area contributed by atoms with E-state index in [9.17, 15) is 21.4 Å². The summed E-state index contributed by atoms with van der Waals surface area (Å²) in [6.45, 7) is 3.70. The molecule has 1 aromatic carbocycles. The van der Waals surface area contributed by atoms with E-state index in [-0.39, 0.29) is 5.75 Å². The lowest BCUT2D eigenvalue weighted by molar-refractivity contribution is -0.673. The Bertz CT molecular complexity index is 1020. The summed E-state index contributed by atoms with van der Waals surface area (Å²) in [5.41, 5.74) is 0.931. The molecular weight excluding hydrogens is 408 g/mol. The molecule has 150 valence electrons. The molecule has 1 fully saturated rings. The molecule has 0 unspecified atom stereocenters. The Hall–Kier alpha value is -1.07. The number of benzene rings is 1. The maximum atomic E-state index is 12.9. The minimum Gasteiger partial charge on any atom is -0.748 e. The van der Waals surface area contributed by atoms with Gasteiger partial charge in [-0.25, -0.2) is 16.8 Å². The van der Waals surface area contributed by atoms with Gasteiger partial charge in [-0.3, -0.25) is 0 Å². The van der Waals surface area contributed by atoms with Crippen molar-refractivity contribution in [3.05, 3.63) is 23.2 Å². The van der Waals surface area contributed by atoms with E-state index in [0.717, 1.165) is 34.5 Å². The van der Waals surface area contributed by atoms with Crippen molar-refractivity contribution in [2.75, 3.05) is 18.8 Å². The molecule has 0 atom stereocenters. The van der Waals surface area contributed by atoms with E-state index in [1.807, 2.05) is 13.0 Å². The maximum Gasteiger partial charge on any atom is 0.243 e. The number of fused-ring (bicyclic) bond motifs is 1. The first-order chi connectivity index (χ1) is 12.7. The zero-order valence-electron chi connectivity index (χ0n) is 15.3. The smallest absolute Gasteiger partial charge is 0.243 e. The van der Waals surface area contributed by atoms with Crippen LogP contribution in [-0.4, -0.2) is 44.5 Å². The number of piperidine rings is 1. The number of sulfonamides is 1. The van der Waals surface area contributed by atoms with E-state index in [2.05, 4.69) is 4.57 Å². The van der Waals surface area contributed by atoms with Gasteiger partial charge < -0.3 is 4.55 Å². The van der Waals surface area contributed by atoms with Crippen LogP contribution in [0.25, 0.3) is 10.2 Å². The summed E-state index contributed by atoms with van der Waals surface area (Å²) in [4.78, 5) is 0.322. The summed E-state index contributed by atoms with van der Waals surface area (Å²) >= 11 is 1.52. The number of rotatable bonds is 7. The number of unbranched alkanes of at least 4 members (excludes halogenated alkanes) is 1. The number of hydrogen-bond acceptors (Lipinski definition) is 6. The normalized spacial score (nSPS) is 16.8. The Morgan fingerprint density at radius 3 is 2.48 bits per heavy atom. The highest BCUT2D eigenvalue weighted by molar-refractivity contribution is 7.89. The lowest BCUT2D eigenvalue weighted by Crippen LogP contribution is -2.36. The van der Waals surface area contributed by atoms with E-state index >= 15 is 0 Å². The fraction of sp³-hybridized carbons (Fsp3) is 0.588. The minimum atomic E-state index is -4.18. The Kier molecular flexibility index (Phi) is 6.21. The molecule has 0 radical (unpaired) electrons. The number of aromatic nitrogens is 1. The first-order valence-electron chi connectivity index (χ1n) is 9.05. The van der Waals surface area contributed by atoms with Gasteiger partial charge in [-0.1, -0.05) is 17.8 Å². The summed E-state index contributed by atoms with van der Waals surface area (Å²) in [5.74, 6) is -0.354. The Labute approximate surface area is 164 Å². The van der Waals surface area contributed by atoms with Gasteiger partial charge in [0.05, 0.1) is 15.0 Å². The molecule has 1 saturated heterocycles. The number of thiazole rings is 1. The van der Waals surface area contributed by atoms with Crippen LogP contribution < -0.4 is 4.57 Å². The third-order valence-electron chi connectivity index (χ3n) is 4.84. The van der Waals surface area contributed by atoms with Gasteiger partial charge in [0.15, 0.2) is 0 Å². The molecule has 0 aliphatic carbocycles. The van der Waals surface area contributed by atoms with Crippen LogP contribution in [0.3, 0.4) is 0 Å². The summed E-state index contributed by atoms with van der Waals surface area (Å²) < 4.78 is 62.4. The second kappa shape index (κ2) is 8.12. The molecule has 1 aromatic heterocycles. The fourth-order valence-corrected chi connectivity index (χ4v) is 6.69. The van der Waals surface area contributed by atoms with E-state index < -0.39 is 20.1 Å². The van der Waals surface area contributed by atoms with Gasteiger partial charge in [-0.2, -0.15) is 8.87 Å². The highest BCUT2D eigenvalue weighted by atomic mass is 32.2. The SMILES string of the molecule is Cc1sc2cc(S(=O)(=O)N3CCCCC3)ccc2[n+]1CCCCS(=O)(=O)[O-]. The Morgan fingerprint density at radius 2 is 1.81 bits per heavy atom. The average Bonchev–Trinajstić information content (AvgIpc) is 2.93. The third-order valence-corrected chi connectivity index (χ3v) is 8.58. The predicted molar refractivity (Wildman–Crippen MR) is 103 cm³/mol. The maximum absolute atomic E-state index is 12.9. The van der Waals surface area contributed by atoms with E-state index in [4.69, 9.17) is 0 Å². The van der Waals surface area contributed by atoms with Gasteiger partial charge in [0.25, 0.3) is 0 Å². The minimum absolute atomic E-state index is 0.317. The topological polar surface area (TPSA) is 98.5 Å². The third kappa shape index (κ3) is 4.86. The molecule has 2 aromatic rings.